The van der Waals surface area contributed by atoms with E-state index < -0.39 is 0 Å². The Morgan fingerprint density at radius 2 is 2.00 bits per heavy atom. The van der Waals surface area contributed by atoms with Crippen LogP contribution < -0.4 is 11.1 Å². The molecule has 0 radical (unpaired) electrons. The number of hydrogen-bond acceptors (Lipinski definition) is 2. The smallest absolute Gasteiger partial charge is 0.0304 e. The SMILES string of the molecule is C#CCCNC1(CN)CCCCC1. The molecule has 2 nitrogen and oxygen atoms in total. The van der Waals surface area contributed by atoms with Crippen LogP contribution in [0.1, 0.15) is 38.5 Å². The normalized spacial score (nSPS) is 20.9. The Morgan fingerprint density at radius 1 is 1.31 bits per heavy atom. The molecule has 0 spiro atoms. The molecular weight excluding hydrogens is 160 g/mol. The molecule has 1 fully saturated rings. The third-order valence-corrected chi connectivity index (χ3v) is 2.97. The van der Waals surface area contributed by atoms with Crippen molar-refractivity contribution >= 4 is 0 Å². The van der Waals surface area contributed by atoms with Crippen LogP contribution in [0.25, 0.3) is 0 Å². The molecule has 1 aliphatic carbocycles. The maximum atomic E-state index is 5.81. The van der Waals surface area contributed by atoms with Crippen molar-refractivity contribution in [2.24, 2.45) is 5.73 Å². The van der Waals surface area contributed by atoms with Gasteiger partial charge in [-0.2, -0.15) is 0 Å². The van der Waals surface area contributed by atoms with E-state index in [4.69, 9.17) is 12.2 Å². The predicted octanol–water partition coefficient (Wildman–Crippen LogP) is 1.26. The van der Waals surface area contributed by atoms with Gasteiger partial charge in [-0.05, 0) is 12.8 Å². The minimum atomic E-state index is 0.203. The first kappa shape index (κ1) is 10.6. The van der Waals surface area contributed by atoms with Gasteiger partial charge in [0.25, 0.3) is 0 Å². The van der Waals surface area contributed by atoms with Gasteiger partial charge in [-0.15, -0.1) is 12.3 Å². The summed E-state index contributed by atoms with van der Waals surface area (Å²) in [7, 11) is 0. The van der Waals surface area contributed by atoms with Gasteiger partial charge < -0.3 is 11.1 Å². The lowest BCUT2D eigenvalue weighted by Crippen LogP contribution is -2.52. The second kappa shape index (κ2) is 5.26. The van der Waals surface area contributed by atoms with E-state index in [0.29, 0.717) is 0 Å². The number of terminal acetylenes is 1. The zero-order valence-corrected chi connectivity index (χ0v) is 8.31. The van der Waals surface area contributed by atoms with Gasteiger partial charge in [-0.25, -0.2) is 0 Å². The fourth-order valence-electron chi connectivity index (χ4n) is 2.08. The molecule has 0 saturated heterocycles. The Balaban J connectivity index is 2.34. The van der Waals surface area contributed by atoms with E-state index in [1.807, 2.05) is 0 Å². The van der Waals surface area contributed by atoms with Gasteiger partial charge in [-0.3, -0.25) is 0 Å². The summed E-state index contributed by atoms with van der Waals surface area (Å²) in [5.41, 5.74) is 6.01. The van der Waals surface area contributed by atoms with Crippen molar-refractivity contribution < 1.29 is 0 Å². The molecule has 1 rings (SSSR count). The van der Waals surface area contributed by atoms with Gasteiger partial charge in [0.15, 0.2) is 0 Å². The molecule has 74 valence electrons. The average molecular weight is 180 g/mol. The molecule has 0 aromatic carbocycles. The van der Waals surface area contributed by atoms with Crippen molar-refractivity contribution in [1.82, 2.24) is 5.32 Å². The highest BCUT2D eigenvalue weighted by atomic mass is 15.0. The highest BCUT2D eigenvalue weighted by Gasteiger charge is 2.29. The molecule has 0 aromatic rings. The van der Waals surface area contributed by atoms with Crippen molar-refractivity contribution in [2.45, 2.75) is 44.1 Å². The van der Waals surface area contributed by atoms with Crippen molar-refractivity contribution in [3.05, 3.63) is 0 Å². The van der Waals surface area contributed by atoms with Gasteiger partial charge in [0.1, 0.15) is 0 Å². The van der Waals surface area contributed by atoms with E-state index in [-0.39, 0.29) is 5.54 Å². The molecule has 3 N–H and O–H groups in total. The average Bonchev–Trinajstić information content (AvgIpc) is 2.20. The molecule has 2 heteroatoms. The summed E-state index contributed by atoms with van der Waals surface area (Å²) in [4.78, 5) is 0. The van der Waals surface area contributed by atoms with Crippen LogP contribution >= 0.6 is 0 Å². The first-order valence-corrected chi connectivity index (χ1v) is 5.21. The molecule has 0 aliphatic heterocycles. The Labute approximate surface area is 81.3 Å². The maximum absolute atomic E-state index is 5.81. The van der Waals surface area contributed by atoms with Gasteiger partial charge in [0.2, 0.25) is 0 Å². The molecule has 0 atom stereocenters. The van der Waals surface area contributed by atoms with Crippen molar-refractivity contribution in [3.63, 3.8) is 0 Å². The summed E-state index contributed by atoms with van der Waals surface area (Å²) in [6, 6.07) is 0. The molecular formula is C11H20N2. The summed E-state index contributed by atoms with van der Waals surface area (Å²) in [5, 5.41) is 3.52. The van der Waals surface area contributed by atoms with Gasteiger partial charge in [0.05, 0.1) is 0 Å². The van der Waals surface area contributed by atoms with E-state index >= 15 is 0 Å². The number of nitrogens with two attached hydrogens (primary N) is 1. The minimum absolute atomic E-state index is 0.203. The highest BCUT2D eigenvalue weighted by molar-refractivity contribution is 4.93. The van der Waals surface area contributed by atoms with E-state index in [2.05, 4.69) is 11.2 Å². The number of hydrogen-bond donors (Lipinski definition) is 2. The summed E-state index contributed by atoms with van der Waals surface area (Å²) in [6.45, 7) is 1.66. The van der Waals surface area contributed by atoms with Crippen molar-refractivity contribution in [1.29, 1.82) is 0 Å². The maximum Gasteiger partial charge on any atom is 0.0304 e. The molecule has 1 saturated carbocycles. The molecule has 0 bridgehead atoms. The molecule has 0 amide bonds. The lowest BCUT2D eigenvalue weighted by Gasteiger charge is -2.37. The molecule has 1 aliphatic rings. The van der Waals surface area contributed by atoms with Crippen LogP contribution in [0.5, 0.6) is 0 Å². The van der Waals surface area contributed by atoms with Gasteiger partial charge >= 0.3 is 0 Å². The van der Waals surface area contributed by atoms with Crippen LogP contribution in [-0.2, 0) is 0 Å². The third-order valence-electron chi connectivity index (χ3n) is 2.97. The lowest BCUT2D eigenvalue weighted by atomic mass is 9.81. The standard InChI is InChI=1S/C11H20N2/c1-2-3-9-13-11(10-12)7-5-4-6-8-11/h1,13H,3-10,12H2. The van der Waals surface area contributed by atoms with Crippen LogP contribution in [0.4, 0.5) is 0 Å². The summed E-state index contributed by atoms with van der Waals surface area (Å²) in [5.74, 6) is 2.65. The predicted molar refractivity (Wildman–Crippen MR) is 56.3 cm³/mol. The molecule has 0 unspecified atom stereocenters. The lowest BCUT2D eigenvalue weighted by molar-refractivity contribution is 0.241. The van der Waals surface area contributed by atoms with Crippen molar-refractivity contribution in [2.75, 3.05) is 13.1 Å². The number of nitrogens with one attached hydrogen (secondary N) is 1. The van der Waals surface area contributed by atoms with E-state index in [9.17, 15) is 0 Å². The molecule has 0 aromatic heterocycles. The van der Waals surface area contributed by atoms with Crippen LogP contribution in [0, 0.1) is 12.3 Å². The topological polar surface area (TPSA) is 38.0 Å². The van der Waals surface area contributed by atoms with E-state index in [0.717, 1.165) is 19.5 Å². The second-order valence-corrected chi connectivity index (χ2v) is 3.93. The largest absolute Gasteiger partial charge is 0.329 e. The third kappa shape index (κ3) is 3.02. The highest BCUT2D eigenvalue weighted by Crippen LogP contribution is 2.26. The first-order valence-electron chi connectivity index (χ1n) is 5.21. The van der Waals surface area contributed by atoms with Crippen molar-refractivity contribution in [3.8, 4) is 12.3 Å². The Kier molecular flexibility index (Phi) is 4.27. The van der Waals surface area contributed by atoms with Crippen LogP contribution in [-0.4, -0.2) is 18.6 Å². The molecule has 0 heterocycles. The fraction of sp³-hybridized carbons (Fsp3) is 0.818. The van der Waals surface area contributed by atoms with Crippen LogP contribution in [0.15, 0.2) is 0 Å². The summed E-state index contributed by atoms with van der Waals surface area (Å²) < 4.78 is 0. The fourth-order valence-corrected chi connectivity index (χ4v) is 2.08. The summed E-state index contributed by atoms with van der Waals surface area (Å²) in [6.07, 6.45) is 12.4. The zero-order chi connectivity index (χ0) is 9.57. The Hall–Kier alpha value is -0.520. The quantitative estimate of drug-likeness (QED) is 0.505. The first-order chi connectivity index (χ1) is 6.33. The molecule has 13 heavy (non-hydrogen) atoms. The second-order valence-electron chi connectivity index (χ2n) is 3.93. The van der Waals surface area contributed by atoms with E-state index in [1.54, 1.807) is 0 Å². The summed E-state index contributed by atoms with van der Waals surface area (Å²) >= 11 is 0. The monoisotopic (exact) mass is 180 g/mol. The minimum Gasteiger partial charge on any atom is -0.329 e. The zero-order valence-electron chi connectivity index (χ0n) is 8.31. The number of rotatable bonds is 4. The van der Waals surface area contributed by atoms with E-state index in [1.165, 1.54) is 32.1 Å². The van der Waals surface area contributed by atoms with Gasteiger partial charge in [-0.1, -0.05) is 19.3 Å². The Morgan fingerprint density at radius 3 is 2.54 bits per heavy atom. The Bertz CT molecular complexity index is 175. The van der Waals surface area contributed by atoms with Crippen LogP contribution in [0.2, 0.25) is 0 Å². The van der Waals surface area contributed by atoms with Crippen LogP contribution in [0.3, 0.4) is 0 Å². The van der Waals surface area contributed by atoms with Gasteiger partial charge in [0, 0.05) is 25.0 Å².